The molecule has 0 radical (unpaired) electrons. The van der Waals surface area contributed by atoms with Crippen molar-refractivity contribution >= 4 is 18.0 Å². The number of hydrogen-bond acceptors (Lipinski definition) is 4. The molecule has 2 aromatic carbocycles. The maximum atomic E-state index is 12.0. The van der Waals surface area contributed by atoms with E-state index in [2.05, 4.69) is 0 Å². The van der Waals surface area contributed by atoms with Crippen molar-refractivity contribution in [1.82, 2.24) is 4.90 Å². The molecular weight excluding hydrogens is 318 g/mol. The summed E-state index contributed by atoms with van der Waals surface area (Å²) in [5.41, 5.74) is 1.77. The second-order valence-corrected chi connectivity index (χ2v) is 5.42. The van der Waals surface area contributed by atoms with E-state index in [1.807, 2.05) is 48.5 Å². The first-order valence-corrected chi connectivity index (χ1v) is 7.86. The van der Waals surface area contributed by atoms with E-state index < -0.39 is 5.97 Å². The summed E-state index contributed by atoms with van der Waals surface area (Å²) in [4.78, 5) is 25.3. The van der Waals surface area contributed by atoms with Crippen molar-refractivity contribution in [1.29, 1.82) is 0 Å². The Bertz CT molecular complexity index is 740. The molecule has 0 saturated carbocycles. The quantitative estimate of drug-likeness (QED) is 0.575. The molecule has 5 nitrogen and oxygen atoms in total. The maximum absolute atomic E-state index is 12.0. The van der Waals surface area contributed by atoms with Gasteiger partial charge in [0.05, 0.1) is 7.11 Å². The van der Waals surface area contributed by atoms with Crippen LogP contribution in [0.2, 0.25) is 0 Å². The Hall–Kier alpha value is -3.08. The Morgan fingerprint density at radius 1 is 1.04 bits per heavy atom. The molecule has 0 bridgehead atoms. The van der Waals surface area contributed by atoms with Gasteiger partial charge in [0.2, 0.25) is 0 Å². The summed E-state index contributed by atoms with van der Waals surface area (Å²) in [6.45, 7) is 0.173. The molecule has 5 heteroatoms. The number of esters is 1. The van der Waals surface area contributed by atoms with E-state index in [0.29, 0.717) is 12.3 Å². The van der Waals surface area contributed by atoms with Gasteiger partial charge in [-0.3, -0.25) is 4.79 Å². The van der Waals surface area contributed by atoms with Crippen LogP contribution in [0.25, 0.3) is 6.08 Å². The first-order chi connectivity index (χ1) is 12.1. The normalized spacial score (nSPS) is 10.5. The topological polar surface area (TPSA) is 55.8 Å². The highest BCUT2D eigenvalue weighted by Gasteiger charge is 2.11. The van der Waals surface area contributed by atoms with E-state index in [4.69, 9.17) is 9.47 Å². The van der Waals surface area contributed by atoms with Crippen LogP contribution in [-0.2, 0) is 20.9 Å². The fourth-order valence-electron chi connectivity index (χ4n) is 2.20. The van der Waals surface area contributed by atoms with Crippen LogP contribution >= 0.6 is 0 Å². The van der Waals surface area contributed by atoms with Crippen molar-refractivity contribution in [3.8, 4) is 5.75 Å². The standard InChI is InChI=1S/C20H21NO4/c1-21(14-16-8-4-3-5-9-16)19(22)15-25-20(23)13-12-17-10-6-7-11-18(17)24-2/h3-13H,14-15H2,1-2H3/b13-12+. The molecule has 0 aliphatic rings. The third-order valence-electron chi connectivity index (χ3n) is 3.56. The van der Waals surface area contributed by atoms with Gasteiger partial charge in [-0.05, 0) is 17.7 Å². The summed E-state index contributed by atoms with van der Waals surface area (Å²) in [6.07, 6.45) is 2.88. The van der Waals surface area contributed by atoms with E-state index in [-0.39, 0.29) is 12.5 Å². The van der Waals surface area contributed by atoms with Crippen LogP contribution in [0.1, 0.15) is 11.1 Å². The fraction of sp³-hybridized carbons (Fsp3) is 0.200. The Labute approximate surface area is 147 Å². The number of hydrogen-bond donors (Lipinski definition) is 0. The van der Waals surface area contributed by atoms with Crippen LogP contribution < -0.4 is 4.74 Å². The molecule has 0 heterocycles. The van der Waals surface area contributed by atoms with Gasteiger partial charge in [-0.15, -0.1) is 0 Å². The lowest BCUT2D eigenvalue weighted by atomic mass is 10.2. The van der Waals surface area contributed by atoms with Crippen molar-refractivity contribution in [3.05, 3.63) is 71.8 Å². The number of para-hydroxylation sites is 1. The number of benzene rings is 2. The number of ether oxygens (including phenoxy) is 2. The van der Waals surface area contributed by atoms with Gasteiger partial charge >= 0.3 is 5.97 Å². The van der Waals surface area contributed by atoms with Crippen LogP contribution in [0.3, 0.4) is 0 Å². The average molecular weight is 339 g/mol. The second-order valence-electron chi connectivity index (χ2n) is 5.42. The molecule has 130 valence electrons. The van der Waals surface area contributed by atoms with Gasteiger partial charge in [0.1, 0.15) is 5.75 Å². The number of likely N-dealkylation sites (N-methyl/N-ethyl adjacent to an activating group) is 1. The maximum Gasteiger partial charge on any atom is 0.331 e. The minimum absolute atomic E-state index is 0.261. The summed E-state index contributed by atoms with van der Waals surface area (Å²) in [5.74, 6) is -0.180. The van der Waals surface area contributed by atoms with E-state index in [1.165, 1.54) is 11.0 Å². The minimum Gasteiger partial charge on any atom is -0.496 e. The zero-order valence-corrected chi connectivity index (χ0v) is 14.3. The molecule has 0 unspecified atom stereocenters. The van der Waals surface area contributed by atoms with Crippen LogP contribution in [-0.4, -0.2) is 37.5 Å². The third-order valence-corrected chi connectivity index (χ3v) is 3.56. The molecule has 0 atom stereocenters. The second kappa shape index (κ2) is 9.27. The number of rotatable bonds is 7. The monoisotopic (exact) mass is 339 g/mol. The van der Waals surface area contributed by atoms with Crippen LogP contribution in [0.5, 0.6) is 5.75 Å². The van der Waals surface area contributed by atoms with Gasteiger partial charge in [0.15, 0.2) is 6.61 Å². The predicted molar refractivity (Wildman–Crippen MR) is 95.9 cm³/mol. The molecule has 0 aromatic heterocycles. The van der Waals surface area contributed by atoms with Crippen molar-refractivity contribution in [3.63, 3.8) is 0 Å². The Kier molecular flexibility index (Phi) is 6.77. The highest BCUT2D eigenvalue weighted by molar-refractivity contribution is 5.89. The zero-order chi connectivity index (χ0) is 18.1. The number of carbonyl (C=O) groups is 2. The SMILES string of the molecule is COc1ccccc1/C=C/C(=O)OCC(=O)N(C)Cc1ccccc1. The molecule has 0 fully saturated rings. The molecule has 2 rings (SSSR count). The molecule has 0 spiro atoms. The number of amides is 1. The average Bonchev–Trinajstić information content (AvgIpc) is 2.65. The lowest BCUT2D eigenvalue weighted by Gasteiger charge is -2.16. The van der Waals surface area contributed by atoms with Gasteiger partial charge in [0, 0.05) is 25.2 Å². The van der Waals surface area contributed by atoms with Gasteiger partial charge < -0.3 is 14.4 Å². The summed E-state index contributed by atoms with van der Waals surface area (Å²) in [7, 11) is 3.24. The summed E-state index contributed by atoms with van der Waals surface area (Å²) in [5, 5.41) is 0. The zero-order valence-electron chi connectivity index (χ0n) is 14.3. The minimum atomic E-state index is -0.577. The first kappa shape index (κ1) is 18.3. The first-order valence-electron chi connectivity index (χ1n) is 7.86. The number of nitrogens with zero attached hydrogens (tertiary/aromatic N) is 1. The molecule has 25 heavy (non-hydrogen) atoms. The summed E-state index contributed by atoms with van der Waals surface area (Å²) >= 11 is 0. The fourth-order valence-corrected chi connectivity index (χ4v) is 2.20. The van der Waals surface area contributed by atoms with Crippen molar-refractivity contribution in [2.75, 3.05) is 20.8 Å². The smallest absolute Gasteiger partial charge is 0.331 e. The Balaban J connectivity index is 1.82. The lowest BCUT2D eigenvalue weighted by Crippen LogP contribution is -2.30. The molecule has 0 N–H and O–H groups in total. The van der Waals surface area contributed by atoms with E-state index >= 15 is 0 Å². The predicted octanol–water partition coefficient (Wildman–Crippen LogP) is 2.91. The highest BCUT2D eigenvalue weighted by Crippen LogP contribution is 2.18. The Morgan fingerprint density at radius 3 is 2.44 bits per heavy atom. The van der Waals surface area contributed by atoms with Gasteiger partial charge in [-0.2, -0.15) is 0 Å². The molecule has 0 aliphatic carbocycles. The summed E-state index contributed by atoms with van der Waals surface area (Å²) < 4.78 is 10.2. The van der Waals surface area contributed by atoms with Crippen molar-refractivity contribution in [2.45, 2.75) is 6.54 Å². The third kappa shape index (κ3) is 5.80. The number of methoxy groups -OCH3 is 1. The molecule has 0 aliphatic heterocycles. The highest BCUT2D eigenvalue weighted by atomic mass is 16.5. The lowest BCUT2D eigenvalue weighted by molar-refractivity contribution is -0.147. The van der Waals surface area contributed by atoms with Crippen LogP contribution in [0.4, 0.5) is 0 Å². The van der Waals surface area contributed by atoms with E-state index in [0.717, 1.165) is 11.1 Å². The van der Waals surface area contributed by atoms with Crippen molar-refractivity contribution < 1.29 is 19.1 Å². The van der Waals surface area contributed by atoms with Gasteiger partial charge in [-0.1, -0.05) is 48.5 Å². The largest absolute Gasteiger partial charge is 0.496 e. The van der Waals surface area contributed by atoms with Gasteiger partial charge in [0.25, 0.3) is 5.91 Å². The number of carbonyl (C=O) groups excluding carboxylic acids is 2. The van der Waals surface area contributed by atoms with Crippen LogP contribution in [0.15, 0.2) is 60.7 Å². The van der Waals surface area contributed by atoms with E-state index in [9.17, 15) is 9.59 Å². The van der Waals surface area contributed by atoms with Crippen LogP contribution in [0, 0.1) is 0 Å². The molecular formula is C20H21NO4. The van der Waals surface area contributed by atoms with Gasteiger partial charge in [-0.25, -0.2) is 4.79 Å². The summed E-state index contributed by atoms with van der Waals surface area (Å²) in [6, 6.07) is 16.9. The molecule has 2 aromatic rings. The van der Waals surface area contributed by atoms with Crippen molar-refractivity contribution in [2.24, 2.45) is 0 Å². The van der Waals surface area contributed by atoms with E-state index in [1.54, 1.807) is 26.3 Å². The molecule has 1 amide bonds. The molecule has 0 saturated heterocycles. The Morgan fingerprint density at radius 2 is 1.72 bits per heavy atom.